The van der Waals surface area contributed by atoms with Crippen molar-refractivity contribution in [2.24, 2.45) is 0 Å². The summed E-state index contributed by atoms with van der Waals surface area (Å²) in [5.41, 5.74) is 1.14. The fourth-order valence-electron chi connectivity index (χ4n) is 1.06. The molecule has 0 atom stereocenters. The molecule has 0 saturated heterocycles. The average molecular weight is 259 g/mol. The highest BCUT2D eigenvalue weighted by Gasteiger charge is 2.02. The van der Waals surface area contributed by atoms with Crippen molar-refractivity contribution in [1.29, 1.82) is 0 Å². The lowest BCUT2D eigenvalue weighted by Crippen LogP contribution is -2.02. The van der Waals surface area contributed by atoms with Gasteiger partial charge in [-0.2, -0.15) is 0 Å². The van der Waals surface area contributed by atoms with E-state index in [1.807, 2.05) is 32.0 Å². The first-order valence-corrected chi connectivity index (χ1v) is 5.37. The highest BCUT2D eigenvalue weighted by atomic mass is 79.9. The maximum Gasteiger partial charge on any atom is 0.133 e. The Balaban J connectivity index is 2.66. The molecular weight excluding hydrogens is 244 g/mol. The molecule has 1 aromatic rings. The summed E-state index contributed by atoms with van der Waals surface area (Å²) in [5.74, 6) is 0.846. The molecule has 2 nitrogen and oxygen atoms in total. The Bertz CT molecular complexity index is 297. The zero-order valence-electron chi connectivity index (χ0n) is 8.71. The fourth-order valence-corrected chi connectivity index (χ4v) is 1.65. The van der Waals surface area contributed by atoms with E-state index in [4.69, 9.17) is 9.47 Å². The molecule has 0 aliphatic rings. The molecule has 0 unspecified atom stereocenters. The van der Waals surface area contributed by atoms with Crippen molar-refractivity contribution in [1.82, 2.24) is 0 Å². The van der Waals surface area contributed by atoms with E-state index in [1.54, 1.807) is 7.11 Å². The Morgan fingerprint density at radius 3 is 2.57 bits per heavy atom. The van der Waals surface area contributed by atoms with Crippen LogP contribution in [0.4, 0.5) is 0 Å². The molecule has 0 N–H and O–H groups in total. The van der Waals surface area contributed by atoms with Crippen LogP contribution in [0.25, 0.3) is 0 Å². The van der Waals surface area contributed by atoms with Crippen molar-refractivity contribution in [3.8, 4) is 5.75 Å². The van der Waals surface area contributed by atoms with Crippen LogP contribution in [0.15, 0.2) is 22.7 Å². The number of ether oxygens (including phenoxy) is 2. The van der Waals surface area contributed by atoms with Crippen LogP contribution in [0.1, 0.15) is 19.4 Å². The van der Waals surface area contributed by atoms with Gasteiger partial charge in [0.25, 0.3) is 0 Å². The summed E-state index contributed by atoms with van der Waals surface area (Å²) >= 11 is 3.43. The Kier molecular flexibility index (Phi) is 4.42. The monoisotopic (exact) mass is 258 g/mol. The number of benzene rings is 1. The summed E-state index contributed by atoms with van der Waals surface area (Å²) in [4.78, 5) is 0. The lowest BCUT2D eigenvalue weighted by molar-refractivity contribution is 0.0656. The molecule has 78 valence electrons. The molecule has 0 aliphatic carbocycles. The van der Waals surface area contributed by atoms with Gasteiger partial charge in [-0.05, 0) is 47.5 Å². The molecule has 0 saturated carbocycles. The average Bonchev–Trinajstić information content (AvgIpc) is 2.15. The second-order valence-corrected chi connectivity index (χ2v) is 4.18. The largest absolute Gasteiger partial charge is 0.496 e. The first-order valence-electron chi connectivity index (χ1n) is 4.57. The minimum absolute atomic E-state index is 0.260. The lowest BCUT2D eigenvalue weighted by Gasteiger charge is -2.09. The molecule has 0 amide bonds. The molecule has 0 bridgehead atoms. The summed E-state index contributed by atoms with van der Waals surface area (Å²) in [7, 11) is 1.66. The van der Waals surface area contributed by atoms with Gasteiger partial charge in [-0.3, -0.25) is 0 Å². The molecular formula is C11H15BrO2. The van der Waals surface area contributed by atoms with Crippen LogP contribution in [-0.4, -0.2) is 13.2 Å². The maximum absolute atomic E-state index is 5.49. The van der Waals surface area contributed by atoms with Gasteiger partial charge in [0.1, 0.15) is 5.75 Å². The summed E-state index contributed by atoms with van der Waals surface area (Å²) in [6.45, 7) is 4.69. The number of hydrogen-bond acceptors (Lipinski definition) is 2. The predicted octanol–water partition coefficient (Wildman–Crippen LogP) is 3.38. The Morgan fingerprint density at radius 2 is 2.07 bits per heavy atom. The minimum atomic E-state index is 0.260. The molecule has 0 fully saturated rings. The van der Waals surface area contributed by atoms with Gasteiger partial charge in [-0.1, -0.05) is 6.07 Å². The first-order chi connectivity index (χ1) is 6.63. The molecule has 1 aromatic carbocycles. The van der Waals surface area contributed by atoms with Crippen LogP contribution in [0.3, 0.4) is 0 Å². The van der Waals surface area contributed by atoms with Crippen LogP contribution in [0.2, 0.25) is 0 Å². The van der Waals surface area contributed by atoms with Gasteiger partial charge < -0.3 is 9.47 Å². The summed E-state index contributed by atoms with van der Waals surface area (Å²) in [6, 6.07) is 5.95. The number of methoxy groups -OCH3 is 1. The quantitative estimate of drug-likeness (QED) is 0.825. The maximum atomic E-state index is 5.49. The molecule has 0 aromatic heterocycles. The standard InChI is InChI=1S/C11H15BrO2/c1-8(2)14-7-9-4-5-11(13-3)10(12)6-9/h4-6,8H,7H2,1-3H3. The molecule has 3 heteroatoms. The smallest absolute Gasteiger partial charge is 0.133 e. The molecule has 0 aliphatic heterocycles. The summed E-state index contributed by atoms with van der Waals surface area (Å²) in [5, 5.41) is 0. The van der Waals surface area contributed by atoms with Crippen LogP contribution >= 0.6 is 15.9 Å². The number of hydrogen-bond donors (Lipinski definition) is 0. The van der Waals surface area contributed by atoms with Crippen molar-refractivity contribution >= 4 is 15.9 Å². The predicted molar refractivity (Wildman–Crippen MR) is 60.6 cm³/mol. The van der Waals surface area contributed by atoms with Gasteiger partial charge in [0.05, 0.1) is 24.3 Å². The van der Waals surface area contributed by atoms with Crippen molar-refractivity contribution in [2.45, 2.75) is 26.6 Å². The third-order valence-electron chi connectivity index (χ3n) is 1.80. The van der Waals surface area contributed by atoms with Gasteiger partial charge in [-0.15, -0.1) is 0 Å². The Morgan fingerprint density at radius 1 is 1.36 bits per heavy atom. The van der Waals surface area contributed by atoms with Crippen molar-refractivity contribution in [2.75, 3.05) is 7.11 Å². The summed E-state index contributed by atoms with van der Waals surface area (Å²) < 4.78 is 11.6. The second-order valence-electron chi connectivity index (χ2n) is 3.33. The first kappa shape index (κ1) is 11.5. The minimum Gasteiger partial charge on any atom is -0.496 e. The third kappa shape index (κ3) is 3.31. The van der Waals surface area contributed by atoms with Crippen LogP contribution in [0.5, 0.6) is 5.75 Å². The van der Waals surface area contributed by atoms with Crippen molar-refractivity contribution < 1.29 is 9.47 Å². The number of rotatable bonds is 4. The van der Waals surface area contributed by atoms with Crippen molar-refractivity contribution in [3.63, 3.8) is 0 Å². The van der Waals surface area contributed by atoms with Gasteiger partial charge in [0.15, 0.2) is 0 Å². The Labute approximate surface area is 93.4 Å². The van der Waals surface area contributed by atoms with Crippen LogP contribution in [0, 0.1) is 0 Å². The molecule has 14 heavy (non-hydrogen) atoms. The van der Waals surface area contributed by atoms with E-state index >= 15 is 0 Å². The zero-order valence-corrected chi connectivity index (χ0v) is 10.3. The highest BCUT2D eigenvalue weighted by Crippen LogP contribution is 2.25. The van der Waals surface area contributed by atoms with E-state index in [1.165, 1.54) is 0 Å². The summed E-state index contributed by atoms with van der Waals surface area (Å²) in [6.07, 6.45) is 0.260. The van der Waals surface area contributed by atoms with E-state index < -0.39 is 0 Å². The SMILES string of the molecule is COc1ccc(COC(C)C)cc1Br. The van der Waals surface area contributed by atoms with Gasteiger partial charge in [-0.25, -0.2) is 0 Å². The van der Waals surface area contributed by atoms with Gasteiger partial charge in [0.2, 0.25) is 0 Å². The molecule has 0 spiro atoms. The van der Waals surface area contributed by atoms with Gasteiger partial charge in [0, 0.05) is 0 Å². The molecule has 1 rings (SSSR count). The van der Waals surface area contributed by atoms with Gasteiger partial charge >= 0.3 is 0 Å². The number of halogens is 1. The van der Waals surface area contributed by atoms with Crippen LogP contribution < -0.4 is 4.74 Å². The normalized spacial score (nSPS) is 10.6. The third-order valence-corrected chi connectivity index (χ3v) is 2.42. The van der Waals surface area contributed by atoms with E-state index in [0.29, 0.717) is 6.61 Å². The van der Waals surface area contributed by atoms with Crippen molar-refractivity contribution in [3.05, 3.63) is 28.2 Å². The zero-order chi connectivity index (χ0) is 10.6. The lowest BCUT2D eigenvalue weighted by atomic mass is 10.2. The molecule has 0 radical (unpaired) electrons. The van der Waals surface area contributed by atoms with E-state index in [9.17, 15) is 0 Å². The van der Waals surface area contributed by atoms with E-state index in [-0.39, 0.29) is 6.10 Å². The van der Waals surface area contributed by atoms with E-state index in [0.717, 1.165) is 15.8 Å². The fraction of sp³-hybridized carbons (Fsp3) is 0.455. The van der Waals surface area contributed by atoms with Crippen LogP contribution in [-0.2, 0) is 11.3 Å². The second kappa shape index (κ2) is 5.37. The molecule has 0 heterocycles. The highest BCUT2D eigenvalue weighted by molar-refractivity contribution is 9.10. The Hall–Kier alpha value is -0.540. The van der Waals surface area contributed by atoms with E-state index in [2.05, 4.69) is 15.9 Å². The topological polar surface area (TPSA) is 18.5 Å².